The maximum Gasteiger partial charge on any atom is 0.171 e. The fourth-order valence-corrected chi connectivity index (χ4v) is 2.29. The smallest absolute Gasteiger partial charge is 0.171 e. The number of hydrogen-bond acceptors (Lipinski definition) is 5. The first-order chi connectivity index (χ1) is 10.2. The molecule has 0 aliphatic carbocycles. The molecule has 1 aromatic heterocycles. The molecule has 21 heavy (non-hydrogen) atoms. The zero-order valence-corrected chi connectivity index (χ0v) is 12.9. The van der Waals surface area contributed by atoms with E-state index in [0.717, 1.165) is 22.3 Å². The number of fused-ring (bicyclic) bond motifs is 1. The van der Waals surface area contributed by atoms with Gasteiger partial charge in [0.15, 0.2) is 6.29 Å². The molecule has 1 heterocycles. The number of nitrogens with one attached hydrogen (secondary N) is 1. The van der Waals surface area contributed by atoms with Gasteiger partial charge in [0, 0.05) is 26.2 Å². The third kappa shape index (κ3) is 3.69. The number of nitrogens with zero attached hydrogens (tertiary/aromatic N) is 1. The van der Waals surface area contributed by atoms with Gasteiger partial charge in [-0.25, -0.2) is 4.98 Å². The van der Waals surface area contributed by atoms with E-state index < -0.39 is 0 Å². The van der Waals surface area contributed by atoms with Crippen molar-refractivity contribution in [2.24, 2.45) is 0 Å². The second kappa shape index (κ2) is 7.36. The Balaban J connectivity index is 2.12. The van der Waals surface area contributed by atoms with Crippen molar-refractivity contribution >= 4 is 10.9 Å². The third-order valence-electron chi connectivity index (χ3n) is 3.44. The number of pyridine rings is 1. The van der Waals surface area contributed by atoms with Gasteiger partial charge >= 0.3 is 0 Å². The predicted molar refractivity (Wildman–Crippen MR) is 82.4 cm³/mol. The minimum Gasteiger partial charge on any atom is -0.494 e. The Labute approximate surface area is 125 Å². The van der Waals surface area contributed by atoms with Crippen molar-refractivity contribution in [3.63, 3.8) is 0 Å². The van der Waals surface area contributed by atoms with E-state index >= 15 is 0 Å². The molecule has 1 atom stereocenters. The van der Waals surface area contributed by atoms with Crippen LogP contribution in [-0.4, -0.2) is 38.6 Å². The standard InChI is InChI=1S/C16H22N2O3/c1-11(16(20-3)21-4)17-10-13-9-8-12-6-5-7-14(19-2)15(12)18-13/h5-9,11,16-17H,10H2,1-4H3. The Morgan fingerprint density at radius 2 is 1.86 bits per heavy atom. The summed E-state index contributed by atoms with van der Waals surface area (Å²) in [5.41, 5.74) is 1.83. The molecule has 1 unspecified atom stereocenters. The summed E-state index contributed by atoms with van der Waals surface area (Å²) in [4.78, 5) is 4.66. The predicted octanol–water partition coefficient (Wildman–Crippen LogP) is 2.34. The summed E-state index contributed by atoms with van der Waals surface area (Å²) in [5, 5.41) is 4.42. The molecule has 0 amide bonds. The molecular weight excluding hydrogens is 268 g/mol. The molecule has 0 aliphatic rings. The zero-order chi connectivity index (χ0) is 15.2. The van der Waals surface area contributed by atoms with E-state index in [-0.39, 0.29) is 12.3 Å². The van der Waals surface area contributed by atoms with Crippen molar-refractivity contribution in [2.45, 2.75) is 25.8 Å². The van der Waals surface area contributed by atoms with Crippen LogP contribution in [0.4, 0.5) is 0 Å². The minimum atomic E-state index is -0.278. The van der Waals surface area contributed by atoms with Crippen molar-refractivity contribution in [2.75, 3.05) is 21.3 Å². The summed E-state index contributed by atoms with van der Waals surface area (Å²) in [6, 6.07) is 10.0. The molecule has 5 heteroatoms. The Bertz CT molecular complexity index is 585. The lowest BCUT2D eigenvalue weighted by molar-refractivity contribution is -0.119. The van der Waals surface area contributed by atoms with Crippen LogP contribution in [0.3, 0.4) is 0 Å². The van der Waals surface area contributed by atoms with E-state index in [0.29, 0.717) is 6.54 Å². The number of para-hydroxylation sites is 1. The van der Waals surface area contributed by atoms with E-state index in [1.165, 1.54) is 0 Å². The van der Waals surface area contributed by atoms with Gasteiger partial charge < -0.3 is 19.5 Å². The van der Waals surface area contributed by atoms with Crippen molar-refractivity contribution in [3.8, 4) is 5.75 Å². The monoisotopic (exact) mass is 290 g/mol. The van der Waals surface area contributed by atoms with Crippen molar-refractivity contribution < 1.29 is 14.2 Å². The summed E-state index contributed by atoms with van der Waals surface area (Å²) in [6.07, 6.45) is -0.278. The Kier molecular flexibility index (Phi) is 5.50. The molecule has 0 radical (unpaired) electrons. The van der Waals surface area contributed by atoms with Gasteiger partial charge in [0.05, 0.1) is 18.8 Å². The molecule has 2 aromatic rings. The van der Waals surface area contributed by atoms with E-state index in [1.54, 1.807) is 21.3 Å². The number of methoxy groups -OCH3 is 3. The summed E-state index contributed by atoms with van der Waals surface area (Å²) < 4.78 is 15.8. The van der Waals surface area contributed by atoms with Gasteiger partial charge in [0.25, 0.3) is 0 Å². The Hall–Kier alpha value is -1.69. The van der Waals surface area contributed by atoms with Crippen LogP contribution >= 0.6 is 0 Å². The molecule has 2 rings (SSSR count). The molecule has 1 N–H and O–H groups in total. The zero-order valence-electron chi connectivity index (χ0n) is 12.9. The second-order valence-electron chi connectivity index (χ2n) is 4.84. The largest absolute Gasteiger partial charge is 0.494 e. The normalized spacial score (nSPS) is 12.8. The summed E-state index contributed by atoms with van der Waals surface area (Å²) in [5.74, 6) is 0.786. The van der Waals surface area contributed by atoms with E-state index in [4.69, 9.17) is 14.2 Å². The van der Waals surface area contributed by atoms with Crippen molar-refractivity contribution in [3.05, 3.63) is 36.0 Å². The average molecular weight is 290 g/mol. The minimum absolute atomic E-state index is 0.0650. The van der Waals surface area contributed by atoms with Gasteiger partial charge in [-0.1, -0.05) is 18.2 Å². The SMILES string of the molecule is COc1cccc2ccc(CNC(C)C(OC)OC)nc12. The molecule has 1 aromatic carbocycles. The van der Waals surface area contributed by atoms with Gasteiger partial charge in [0.1, 0.15) is 11.3 Å². The first-order valence-corrected chi connectivity index (χ1v) is 6.91. The number of ether oxygens (including phenoxy) is 3. The lowest BCUT2D eigenvalue weighted by Crippen LogP contribution is -2.39. The Morgan fingerprint density at radius 3 is 2.52 bits per heavy atom. The van der Waals surface area contributed by atoms with E-state index in [2.05, 4.69) is 16.4 Å². The van der Waals surface area contributed by atoms with Crippen LogP contribution in [0, 0.1) is 0 Å². The van der Waals surface area contributed by atoms with Crippen LogP contribution in [-0.2, 0) is 16.0 Å². The van der Waals surface area contributed by atoms with Gasteiger partial charge in [-0.2, -0.15) is 0 Å². The van der Waals surface area contributed by atoms with Crippen LogP contribution < -0.4 is 10.1 Å². The summed E-state index contributed by atoms with van der Waals surface area (Å²) >= 11 is 0. The fraction of sp³-hybridized carbons (Fsp3) is 0.438. The first kappa shape index (κ1) is 15.7. The van der Waals surface area contributed by atoms with Crippen LogP contribution in [0.25, 0.3) is 10.9 Å². The molecule has 5 nitrogen and oxygen atoms in total. The third-order valence-corrected chi connectivity index (χ3v) is 3.44. The van der Waals surface area contributed by atoms with E-state index in [9.17, 15) is 0 Å². The summed E-state index contributed by atoms with van der Waals surface area (Å²) in [7, 11) is 4.92. The molecule has 0 fully saturated rings. The maximum absolute atomic E-state index is 5.36. The number of hydrogen-bond donors (Lipinski definition) is 1. The maximum atomic E-state index is 5.36. The molecular formula is C16H22N2O3. The fourth-order valence-electron chi connectivity index (χ4n) is 2.29. The molecule has 0 spiro atoms. The average Bonchev–Trinajstić information content (AvgIpc) is 2.53. The molecule has 0 saturated carbocycles. The Morgan fingerprint density at radius 1 is 1.10 bits per heavy atom. The number of rotatable bonds is 7. The topological polar surface area (TPSA) is 52.6 Å². The highest BCUT2D eigenvalue weighted by Crippen LogP contribution is 2.23. The highest BCUT2D eigenvalue weighted by atomic mass is 16.7. The van der Waals surface area contributed by atoms with Crippen LogP contribution in [0.15, 0.2) is 30.3 Å². The van der Waals surface area contributed by atoms with Crippen LogP contribution in [0.1, 0.15) is 12.6 Å². The van der Waals surface area contributed by atoms with E-state index in [1.807, 2.05) is 31.2 Å². The highest BCUT2D eigenvalue weighted by molar-refractivity contribution is 5.84. The van der Waals surface area contributed by atoms with Gasteiger partial charge in [-0.15, -0.1) is 0 Å². The molecule has 0 bridgehead atoms. The van der Waals surface area contributed by atoms with Crippen LogP contribution in [0.2, 0.25) is 0 Å². The lowest BCUT2D eigenvalue weighted by Gasteiger charge is -2.22. The number of aromatic nitrogens is 1. The van der Waals surface area contributed by atoms with Gasteiger partial charge in [-0.3, -0.25) is 0 Å². The number of benzene rings is 1. The quantitative estimate of drug-likeness (QED) is 0.793. The van der Waals surface area contributed by atoms with Gasteiger partial charge in [-0.05, 0) is 19.1 Å². The molecule has 0 saturated heterocycles. The molecule has 0 aliphatic heterocycles. The molecule has 114 valence electrons. The summed E-state index contributed by atoms with van der Waals surface area (Å²) in [6.45, 7) is 2.65. The van der Waals surface area contributed by atoms with Crippen molar-refractivity contribution in [1.29, 1.82) is 0 Å². The van der Waals surface area contributed by atoms with Gasteiger partial charge in [0.2, 0.25) is 0 Å². The second-order valence-corrected chi connectivity index (χ2v) is 4.84. The van der Waals surface area contributed by atoms with Crippen molar-refractivity contribution in [1.82, 2.24) is 10.3 Å². The van der Waals surface area contributed by atoms with Crippen LogP contribution in [0.5, 0.6) is 5.75 Å². The highest BCUT2D eigenvalue weighted by Gasteiger charge is 2.15. The first-order valence-electron chi connectivity index (χ1n) is 6.91. The lowest BCUT2D eigenvalue weighted by atomic mass is 10.2.